The summed E-state index contributed by atoms with van der Waals surface area (Å²) in [7, 11) is 0. The Morgan fingerprint density at radius 2 is 1.50 bits per heavy atom. The maximum Gasteiger partial charge on any atom is 0.340 e. The first-order chi connectivity index (χ1) is 13.3. The Hall–Kier alpha value is -3.22. The zero-order chi connectivity index (χ0) is 20.7. The van der Waals surface area contributed by atoms with Crippen LogP contribution in [0.3, 0.4) is 0 Å². The van der Waals surface area contributed by atoms with Gasteiger partial charge in [0.1, 0.15) is 0 Å². The Morgan fingerprint density at radius 1 is 0.857 bits per heavy atom. The predicted octanol–water partition coefficient (Wildman–Crippen LogP) is 3.20. The molecular weight excluding hydrogens is 362 g/mol. The number of ether oxygens (including phenoxy) is 2. The summed E-state index contributed by atoms with van der Waals surface area (Å²) in [5, 5.41) is 0. The number of nitrogens with one attached hydrogen (secondary N) is 1. The van der Waals surface area contributed by atoms with E-state index >= 15 is 0 Å². The van der Waals surface area contributed by atoms with Crippen LogP contribution in [-0.4, -0.2) is 41.7 Å². The first kappa shape index (κ1) is 21.1. The number of H-pyrrole nitrogens is 1. The summed E-state index contributed by atoms with van der Waals surface area (Å²) in [4.78, 5) is 51.5. The Morgan fingerprint density at radius 3 is 2.14 bits per heavy atom. The molecule has 7 nitrogen and oxygen atoms in total. The maximum absolute atomic E-state index is 12.5. The van der Waals surface area contributed by atoms with Gasteiger partial charge in [-0.15, -0.1) is 0 Å². The predicted molar refractivity (Wildman–Crippen MR) is 102 cm³/mol. The molecule has 0 spiro atoms. The third-order valence-corrected chi connectivity index (χ3v) is 4.15. The Bertz CT molecular complexity index is 882. The number of ketones is 2. The Labute approximate surface area is 163 Å². The van der Waals surface area contributed by atoms with Gasteiger partial charge >= 0.3 is 11.9 Å². The van der Waals surface area contributed by atoms with Gasteiger partial charge in [-0.1, -0.05) is 30.3 Å². The molecule has 28 heavy (non-hydrogen) atoms. The van der Waals surface area contributed by atoms with Crippen LogP contribution in [0.5, 0.6) is 0 Å². The van der Waals surface area contributed by atoms with Crippen molar-refractivity contribution >= 4 is 23.5 Å². The van der Waals surface area contributed by atoms with Crippen LogP contribution in [0.4, 0.5) is 0 Å². The molecule has 2 aromatic rings. The number of aryl methyl sites for hydroxylation is 2. The van der Waals surface area contributed by atoms with Crippen LogP contribution < -0.4 is 0 Å². The van der Waals surface area contributed by atoms with E-state index in [4.69, 9.17) is 9.47 Å². The number of rotatable bonds is 9. The van der Waals surface area contributed by atoms with Crippen LogP contribution in [0.25, 0.3) is 0 Å². The second-order valence-corrected chi connectivity index (χ2v) is 6.22. The zero-order valence-electron chi connectivity index (χ0n) is 16.2. The molecule has 1 heterocycles. The second kappa shape index (κ2) is 9.64. The quantitative estimate of drug-likeness (QED) is 0.525. The molecule has 1 N–H and O–H groups in total. The van der Waals surface area contributed by atoms with Gasteiger partial charge in [0.2, 0.25) is 5.78 Å². The summed E-state index contributed by atoms with van der Waals surface area (Å²) >= 11 is 0. The summed E-state index contributed by atoms with van der Waals surface area (Å²) < 4.78 is 9.99. The van der Waals surface area contributed by atoms with Crippen molar-refractivity contribution in [3.05, 3.63) is 58.4 Å². The lowest BCUT2D eigenvalue weighted by Crippen LogP contribution is -2.18. The lowest BCUT2D eigenvalue weighted by molar-refractivity contribution is -0.142. The molecule has 0 saturated heterocycles. The highest BCUT2D eigenvalue weighted by Gasteiger charge is 2.26. The molecule has 0 aliphatic heterocycles. The number of benzene rings is 1. The molecule has 1 aromatic carbocycles. The largest absolute Gasteiger partial charge is 0.462 e. The van der Waals surface area contributed by atoms with Gasteiger partial charge in [-0.3, -0.25) is 14.4 Å². The van der Waals surface area contributed by atoms with Gasteiger partial charge in [-0.25, -0.2) is 4.79 Å². The van der Waals surface area contributed by atoms with E-state index in [0.717, 1.165) is 0 Å². The molecule has 2 rings (SSSR count). The van der Waals surface area contributed by atoms with Gasteiger partial charge < -0.3 is 14.5 Å². The first-order valence-electron chi connectivity index (χ1n) is 8.98. The smallest absolute Gasteiger partial charge is 0.340 e. The molecule has 0 amide bonds. The van der Waals surface area contributed by atoms with E-state index in [1.807, 2.05) is 0 Å². The van der Waals surface area contributed by atoms with E-state index in [1.165, 1.54) is 0 Å². The minimum atomic E-state index is -0.653. The fourth-order valence-corrected chi connectivity index (χ4v) is 2.86. The average molecular weight is 385 g/mol. The Kier molecular flexibility index (Phi) is 7.26. The van der Waals surface area contributed by atoms with Gasteiger partial charge in [0.05, 0.1) is 24.2 Å². The summed E-state index contributed by atoms with van der Waals surface area (Å²) in [6, 6.07) is 8.63. The molecule has 0 radical (unpaired) electrons. The van der Waals surface area contributed by atoms with Crippen LogP contribution in [-0.2, 0) is 14.3 Å². The third kappa shape index (κ3) is 5.16. The summed E-state index contributed by atoms with van der Waals surface area (Å²) in [6.45, 7) is 4.66. The van der Waals surface area contributed by atoms with Crippen LogP contribution in [0.15, 0.2) is 30.3 Å². The van der Waals surface area contributed by atoms with Crippen molar-refractivity contribution in [2.24, 2.45) is 0 Å². The Balaban J connectivity index is 1.94. The van der Waals surface area contributed by atoms with Gasteiger partial charge in [0.25, 0.3) is 0 Å². The lowest BCUT2D eigenvalue weighted by Gasteiger charge is -2.07. The summed E-state index contributed by atoms with van der Waals surface area (Å²) in [5.41, 5.74) is 1.84. The van der Waals surface area contributed by atoms with Crippen LogP contribution in [0.2, 0.25) is 0 Å². The van der Waals surface area contributed by atoms with Gasteiger partial charge in [-0.05, 0) is 20.8 Å². The van der Waals surface area contributed by atoms with Crippen molar-refractivity contribution in [2.45, 2.75) is 33.6 Å². The fraction of sp³-hybridized carbons (Fsp3) is 0.333. The number of carbonyl (C=O) groups excluding carboxylic acids is 4. The molecule has 0 fully saturated rings. The fourth-order valence-electron chi connectivity index (χ4n) is 2.86. The van der Waals surface area contributed by atoms with E-state index in [2.05, 4.69) is 4.98 Å². The number of hydrogen-bond acceptors (Lipinski definition) is 6. The second-order valence-electron chi connectivity index (χ2n) is 6.22. The maximum atomic E-state index is 12.5. The van der Waals surface area contributed by atoms with E-state index in [9.17, 15) is 19.2 Å². The number of esters is 2. The molecule has 0 saturated carbocycles. The first-order valence-corrected chi connectivity index (χ1v) is 8.98. The van der Waals surface area contributed by atoms with Gasteiger partial charge in [-0.2, -0.15) is 0 Å². The number of hydrogen-bond donors (Lipinski definition) is 1. The lowest BCUT2D eigenvalue weighted by atomic mass is 10.1. The number of aromatic amines is 1. The van der Waals surface area contributed by atoms with E-state index in [0.29, 0.717) is 17.0 Å². The number of aromatic nitrogens is 1. The molecule has 148 valence electrons. The van der Waals surface area contributed by atoms with Crippen LogP contribution in [0, 0.1) is 13.8 Å². The van der Waals surface area contributed by atoms with E-state index in [-0.39, 0.29) is 36.4 Å². The van der Waals surface area contributed by atoms with Crippen molar-refractivity contribution in [1.29, 1.82) is 0 Å². The van der Waals surface area contributed by atoms with Crippen LogP contribution >= 0.6 is 0 Å². The summed E-state index contributed by atoms with van der Waals surface area (Å²) in [5.74, 6) is -1.94. The van der Waals surface area contributed by atoms with Crippen LogP contribution in [0.1, 0.15) is 62.2 Å². The molecule has 1 aromatic heterocycles. The summed E-state index contributed by atoms with van der Waals surface area (Å²) in [6.07, 6.45) is -0.135. The van der Waals surface area contributed by atoms with Crippen molar-refractivity contribution in [3.63, 3.8) is 0 Å². The van der Waals surface area contributed by atoms with Crippen molar-refractivity contribution in [1.82, 2.24) is 4.98 Å². The van der Waals surface area contributed by atoms with E-state index in [1.54, 1.807) is 51.1 Å². The van der Waals surface area contributed by atoms with Crippen molar-refractivity contribution in [3.8, 4) is 0 Å². The van der Waals surface area contributed by atoms with Gasteiger partial charge in [0, 0.05) is 23.4 Å². The SMILES string of the molecule is CCOC(=O)c1c(C)[nH]c(C)c1C(=O)COC(=O)CCC(=O)c1ccccc1. The van der Waals surface area contributed by atoms with E-state index < -0.39 is 24.3 Å². The monoisotopic (exact) mass is 385 g/mol. The number of Topliss-reactive ketones (excluding diaryl/α,β-unsaturated/α-hetero) is 2. The standard InChI is InChI=1S/C21H23NO6/c1-4-27-21(26)20-14(3)22-13(2)19(20)17(24)12-28-18(25)11-10-16(23)15-8-6-5-7-9-15/h5-9,22H,4,10-12H2,1-3H3. The van der Waals surface area contributed by atoms with Crippen molar-refractivity contribution < 1.29 is 28.7 Å². The molecule has 7 heteroatoms. The minimum absolute atomic E-state index is 0.00654. The molecular formula is C21H23NO6. The minimum Gasteiger partial charge on any atom is -0.462 e. The topological polar surface area (TPSA) is 103 Å². The molecule has 0 bridgehead atoms. The molecule has 0 aliphatic carbocycles. The normalized spacial score (nSPS) is 10.4. The highest BCUT2D eigenvalue weighted by atomic mass is 16.5. The van der Waals surface area contributed by atoms with Crippen molar-refractivity contribution in [2.75, 3.05) is 13.2 Å². The average Bonchev–Trinajstić information content (AvgIpc) is 2.99. The highest BCUT2D eigenvalue weighted by Crippen LogP contribution is 2.20. The molecule has 0 unspecified atom stereocenters. The molecule has 0 aliphatic rings. The zero-order valence-corrected chi connectivity index (χ0v) is 16.2. The number of carbonyl (C=O) groups is 4. The molecule has 0 atom stereocenters. The highest BCUT2D eigenvalue weighted by molar-refractivity contribution is 6.09. The third-order valence-electron chi connectivity index (χ3n) is 4.15. The van der Waals surface area contributed by atoms with Gasteiger partial charge in [0.15, 0.2) is 12.4 Å².